The fourth-order valence-electron chi connectivity index (χ4n) is 14.6. The molecule has 0 radical (unpaired) electrons. The van der Waals surface area contributed by atoms with Gasteiger partial charge in [-0.05, 0) is 184 Å². The topological polar surface area (TPSA) is 3.24 Å². The lowest BCUT2D eigenvalue weighted by Gasteiger charge is -2.32. The second-order valence-electron chi connectivity index (χ2n) is 23.9. The summed E-state index contributed by atoms with van der Waals surface area (Å²) >= 11 is 0. The molecule has 8 aromatic carbocycles. The molecule has 0 heterocycles. The summed E-state index contributed by atoms with van der Waals surface area (Å²) in [7, 11) is 0. The van der Waals surface area contributed by atoms with Gasteiger partial charge in [0.05, 0.1) is 0 Å². The molecule has 1 nitrogen and oxygen atoms in total. The smallest absolute Gasteiger partial charge is 0.0464 e. The van der Waals surface area contributed by atoms with Crippen LogP contribution in [0.15, 0.2) is 164 Å². The predicted octanol–water partition coefficient (Wildman–Crippen LogP) is 19.8. The maximum atomic E-state index is 4.93. The Kier molecular flexibility index (Phi) is 10.4. The van der Waals surface area contributed by atoms with Crippen molar-refractivity contribution in [1.29, 1.82) is 0 Å². The molecule has 0 bridgehead atoms. The third-order valence-corrected chi connectivity index (χ3v) is 18.5. The van der Waals surface area contributed by atoms with E-state index in [0.717, 1.165) is 12.0 Å². The van der Waals surface area contributed by atoms with E-state index in [0.29, 0.717) is 11.8 Å². The number of hydrogen-bond acceptors (Lipinski definition) is 1. The van der Waals surface area contributed by atoms with Crippen LogP contribution in [-0.4, -0.2) is 0 Å². The normalized spacial score (nSPS) is 20.3. The van der Waals surface area contributed by atoms with Crippen LogP contribution in [-0.2, 0) is 16.2 Å². The third-order valence-electron chi connectivity index (χ3n) is 18.5. The van der Waals surface area contributed by atoms with E-state index >= 15 is 0 Å². The number of nitrogens with zero attached hydrogens (tertiary/aromatic N) is 1. The molecule has 0 saturated heterocycles. The van der Waals surface area contributed by atoms with Crippen LogP contribution in [0, 0.1) is 0 Å². The molecule has 0 N–H and O–H groups in total. The molecule has 0 aliphatic heterocycles. The van der Waals surface area contributed by atoms with Gasteiger partial charge in [-0.1, -0.05) is 208 Å². The van der Waals surface area contributed by atoms with E-state index in [1.165, 1.54) is 169 Å². The van der Waals surface area contributed by atoms with Crippen LogP contribution in [0.25, 0.3) is 60.1 Å². The summed E-state index contributed by atoms with van der Waals surface area (Å²) < 4.78 is 0. The predicted molar refractivity (Wildman–Crippen MR) is 305 cm³/mol. The number of hydrogen-bond donors (Lipinski definition) is 0. The van der Waals surface area contributed by atoms with Gasteiger partial charge in [-0.25, -0.2) is 0 Å². The van der Waals surface area contributed by atoms with Gasteiger partial charge in [0.25, 0.3) is 0 Å². The SMILES string of the molecule is C=C1/C=C\C(N(c2ccc3c(c2)C(C)(C)c2ccc4ccccc4c2-3)c2ccc3c(c2)C(C)(C)c2cc(C4CCCCC4)c4ccccc4c2-3)=C/CC(C)(C)c2cc(C3CCCCC3)c3ccccc3c21. The molecule has 2 saturated carbocycles. The van der Waals surface area contributed by atoms with Crippen LogP contribution in [0.3, 0.4) is 0 Å². The largest absolute Gasteiger partial charge is 0.311 e. The summed E-state index contributed by atoms with van der Waals surface area (Å²) in [6.07, 6.45) is 21.3. The number of rotatable bonds is 5. The van der Waals surface area contributed by atoms with Crippen LogP contribution in [0.2, 0.25) is 0 Å². The van der Waals surface area contributed by atoms with Crippen molar-refractivity contribution in [3.63, 3.8) is 0 Å². The molecular weight excluding hydrogens is 855 g/mol. The lowest BCUT2D eigenvalue weighted by molar-refractivity contribution is 0.444. The number of fused-ring (bicyclic) bond motifs is 13. The summed E-state index contributed by atoms with van der Waals surface area (Å²) in [4.78, 5) is 2.59. The third kappa shape index (κ3) is 6.92. The molecule has 13 rings (SSSR count). The molecule has 1 heteroatoms. The zero-order valence-corrected chi connectivity index (χ0v) is 43.0. The first-order valence-corrected chi connectivity index (χ1v) is 27.2. The van der Waals surface area contributed by atoms with Gasteiger partial charge in [0.1, 0.15) is 0 Å². The van der Waals surface area contributed by atoms with Crippen LogP contribution >= 0.6 is 0 Å². The zero-order chi connectivity index (χ0) is 48.4. The monoisotopic (exact) mass is 924 g/mol. The minimum atomic E-state index is -0.180. The van der Waals surface area contributed by atoms with Gasteiger partial charge in [0, 0.05) is 27.9 Å². The van der Waals surface area contributed by atoms with Crippen molar-refractivity contribution in [3.05, 3.63) is 208 Å². The standard InChI is InChI=1S/C70H69N/c1-44-30-32-48(38-39-68(2,3)63-42-58(45-20-10-8-11-21-45)52-26-16-18-28-54(52)65(44)63)71(49-33-35-56-61(40-49)69(4,5)60-37-31-47-24-14-15-25-51(47)66(56)60)50-34-36-57-62(41-50)70(6,7)64-43-59(46-22-12-9-13-23-46)53-27-17-19-29-55(53)67(57)64/h14-19,24-38,40-43,45-46H,1,8-13,20-23,39H2,2-7H3/b32-30-,48-38+. The van der Waals surface area contributed by atoms with Gasteiger partial charge < -0.3 is 4.90 Å². The van der Waals surface area contributed by atoms with Crippen molar-refractivity contribution in [2.45, 2.75) is 140 Å². The molecule has 0 atom stereocenters. The average molecular weight is 924 g/mol. The highest BCUT2D eigenvalue weighted by atomic mass is 15.1. The van der Waals surface area contributed by atoms with Crippen molar-refractivity contribution in [2.24, 2.45) is 0 Å². The molecule has 8 aromatic rings. The molecule has 71 heavy (non-hydrogen) atoms. The first kappa shape index (κ1) is 44.5. The zero-order valence-electron chi connectivity index (χ0n) is 43.0. The Morgan fingerprint density at radius 1 is 0.437 bits per heavy atom. The van der Waals surface area contributed by atoms with Crippen LogP contribution in [0.4, 0.5) is 11.4 Å². The molecule has 0 unspecified atom stereocenters. The highest BCUT2D eigenvalue weighted by Gasteiger charge is 2.40. The van der Waals surface area contributed by atoms with Crippen LogP contribution < -0.4 is 4.90 Å². The number of benzene rings is 8. The van der Waals surface area contributed by atoms with E-state index in [9.17, 15) is 0 Å². The summed E-state index contributed by atoms with van der Waals surface area (Å²) in [5, 5.41) is 8.25. The molecule has 0 spiro atoms. The molecular formula is C70H69N. The van der Waals surface area contributed by atoms with Gasteiger partial charge in [0.2, 0.25) is 0 Å². The molecule has 354 valence electrons. The maximum Gasteiger partial charge on any atom is 0.0464 e. The highest BCUT2D eigenvalue weighted by molar-refractivity contribution is 6.06. The Labute approximate surface area is 423 Å². The highest BCUT2D eigenvalue weighted by Crippen LogP contribution is 2.57. The minimum absolute atomic E-state index is 0.157. The lowest BCUT2D eigenvalue weighted by atomic mass is 9.73. The van der Waals surface area contributed by atoms with Crippen molar-refractivity contribution in [1.82, 2.24) is 0 Å². The van der Waals surface area contributed by atoms with Gasteiger partial charge >= 0.3 is 0 Å². The number of anilines is 2. The molecule has 5 aliphatic rings. The molecule has 0 aromatic heterocycles. The van der Waals surface area contributed by atoms with E-state index < -0.39 is 0 Å². The Hall–Kier alpha value is -6.44. The van der Waals surface area contributed by atoms with Crippen LogP contribution in [0.5, 0.6) is 0 Å². The van der Waals surface area contributed by atoms with Crippen molar-refractivity contribution < 1.29 is 0 Å². The van der Waals surface area contributed by atoms with E-state index in [1.807, 2.05) is 0 Å². The van der Waals surface area contributed by atoms with Crippen molar-refractivity contribution in [3.8, 4) is 22.3 Å². The second-order valence-corrected chi connectivity index (χ2v) is 23.9. The van der Waals surface area contributed by atoms with E-state index in [2.05, 4.69) is 198 Å². The Morgan fingerprint density at radius 2 is 0.930 bits per heavy atom. The van der Waals surface area contributed by atoms with Gasteiger partial charge in [-0.3, -0.25) is 0 Å². The molecule has 5 aliphatic carbocycles. The van der Waals surface area contributed by atoms with Gasteiger partial charge in [-0.2, -0.15) is 0 Å². The Balaban J connectivity index is 0.996. The summed E-state index contributed by atoms with van der Waals surface area (Å²) in [5.74, 6) is 1.23. The molecule has 0 amide bonds. The summed E-state index contributed by atoms with van der Waals surface area (Å²) in [6, 6.07) is 52.3. The minimum Gasteiger partial charge on any atom is -0.311 e. The number of allylic oxidation sites excluding steroid dienone is 4. The lowest BCUT2D eigenvalue weighted by Crippen LogP contribution is -2.22. The van der Waals surface area contributed by atoms with E-state index in [4.69, 9.17) is 6.58 Å². The van der Waals surface area contributed by atoms with Crippen LogP contribution in [0.1, 0.15) is 169 Å². The van der Waals surface area contributed by atoms with Crippen molar-refractivity contribution >= 4 is 49.3 Å². The molecule has 2 fully saturated rings. The first-order valence-electron chi connectivity index (χ1n) is 27.2. The van der Waals surface area contributed by atoms with Gasteiger partial charge in [0.15, 0.2) is 0 Å². The van der Waals surface area contributed by atoms with Crippen molar-refractivity contribution in [2.75, 3.05) is 4.90 Å². The maximum absolute atomic E-state index is 4.93. The second kappa shape index (κ2) is 16.6. The quantitative estimate of drug-likeness (QED) is 0.166. The van der Waals surface area contributed by atoms with Gasteiger partial charge in [-0.15, -0.1) is 0 Å². The summed E-state index contributed by atoms with van der Waals surface area (Å²) in [5.41, 5.74) is 21.2. The Bertz CT molecular complexity index is 3570. The van der Waals surface area contributed by atoms with E-state index in [-0.39, 0.29) is 16.2 Å². The fourth-order valence-corrected chi connectivity index (χ4v) is 14.6. The van der Waals surface area contributed by atoms with E-state index in [1.54, 1.807) is 11.1 Å². The average Bonchev–Trinajstić information content (AvgIpc) is 3.79. The Morgan fingerprint density at radius 3 is 1.52 bits per heavy atom. The fraction of sp³-hybridized carbons (Fsp3) is 0.314. The first-order chi connectivity index (χ1) is 34.4. The summed E-state index contributed by atoms with van der Waals surface area (Å²) in [6.45, 7) is 19.7.